The third-order valence-corrected chi connectivity index (χ3v) is 1.45. The summed E-state index contributed by atoms with van der Waals surface area (Å²) in [5.74, 6) is 0.225. The molecule has 3 heteroatoms. The molecule has 0 saturated carbocycles. The molecule has 0 aromatic carbocycles. The van der Waals surface area contributed by atoms with E-state index in [0.717, 1.165) is 19.4 Å². The zero-order valence-corrected chi connectivity index (χ0v) is 9.18. The molecule has 2 nitrogen and oxygen atoms in total. The summed E-state index contributed by atoms with van der Waals surface area (Å²) in [6, 6.07) is 0.0509. The van der Waals surface area contributed by atoms with Crippen molar-refractivity contribution in [2.45, 2.75) is 25.8 Å². The molecule has 1 unspecified atom stereocenters. The van der Waals surface area contributed by atoms with Gasteiger partial charge in [-0.15, -0.1) is 6.54 Å². The number of hydrogen-bond donors (Lipinski definition) is 0. The van der Waals surface area contributed by atoms with Crippen molar-refractivity contribution in [1.82, 2.24) is 0 Å². The molecule has 9 heavy (non-hydrogen) atoms. The first-order valence-corrected chi connectivity index (χ1v) is 2.98. The molecule has 1 atom stereocenters. The summed E-state index contributed by atoms with van der Waals surface area (Å²) in [6.07, 6.45) is 2.08. The first-order chi connectivity index (χ1) is 3.80. The molecule has 0 aliphatic carbocycles. The van der Waals surface area contributed by atoms with Crippen LogP contribution >= 0.6 is 0 Å². The second-order valence-corrected chi connectivity index (χ2v) is 2.17. The zero-order chi connectivity index (χ0) is 5.98. The Balaban J connectivity index is 0.000000640. The van der Waals surface area contributed by atoms with Crippen molar-refractivity contribution < 1.29 is 56.2 Å². The van der Waals surface area contributed by atoms with Crippen LogP contribution in [0.3, 0.4) is 0 Å². The summed E-state index contributed by atoms with van der Waals surface area (Å²) < 4.78 is 0. The SMILES string of the molecule is CC(=O)C1CCC[N-]1.[K+]. The van der Waals surface area contributed by atoms with Crippen LogP contribution in [0.5, 0.6) is 0 Å². The summed E-state index contributed by atoms with van der Waals surface area (Å²) >= 11 is 0. The van der Waals surface area contributed by atoms with E-state index in [9.17, 15) is 4.79 Å². The number of hydrogen-bond acceptors (Lipinski definition) is 1. The van der Waals surface area contributed by atoms with Gasteiger partial charge in [0.2, 0.25) is 0 Å². The number of rotatable bonds is 1. The molecular weight excluding hydrogens is 141 g/mol. The monoisotopic (exact) mass is 151 g/mol. The fraction of sp³-hybridized carbons (Fsp3) is 0.833. The number of nitrogens with zero attached hydrogens (tertiary/aromatic N) is 1. The van der Waals surface area contributed by atoms with Gasteiger partial charge in [0.05, 0.1) is 0 Å². The molecule has 0 bridgehead atoms. The van der Waals surface area contributed by atoms with E-state index in [1.54, 1.807) is 6.92 Å². The number of Topliss-reactive ketones (excluding diaryl/α,β-unsaturated/α-hetero) is 1. The van der Waals surface area contributed by atoms with E-state index >= 15 is 0 Å². The average molecular weight is 151 g/mol. The Kier molecular flexibility index (Phi) is 5.69. The van der Waals surface area contributed by atoms with Crippen molar-refractivity contribution in [3.05, 3.63) is 5.32 Å². The maximum absolute atomic E-state index is 10.6. The first-order valence-electron chi connectivity index (χ1n) is 2.98. The minimum atomic E-state index is 0. The molecule has 1 saturated heterocycles. The van der Waals surface area contributed by atoms with Crippen LogP contribution in [-0.2, 0) is 4.79 Å². The third-order valence-electron chi connectivity index (χ3n) is 1.45. The van der Waals surface area contributed by atoms with Crippen LogP contribution in [0.4, 0.5) is 0 Å². The van der Waals surface area contributed by atoms with E-state index in [1.807, 2.05) is 0 Å². The van der Waals surface area contributed by atoms with Crippen LogP contribution in [0.25, 0.3) is 5.32 Å². The van der Waals surface area contributed by atoms with E-state index in [2.05, 4.69) is 5.32 Å². The van der Waals surface area contributed by atoms with Gasteiger partial charge < -0.3 is 10.1 Å². The maximum atomic E-state index is 10.6. The van der Waals surface area contributed by atoms with Gasteiger partial charge in [0.25, 0.3) is 0 Å². The Morgan fingerprint density at radius 1 is 1.67 bits per heavy atom. The van der Waals surface area contributed by atoms with Crippen molar-refractivity contribution >= 4 is 5.78 Å². The Labute approximate surface area is 98.2 Å². The normalized spacial score (nSPS) is 25.2. The van der Waals surface area contributed by atoms with Gasteiger partial charge in [0, 0.05) is 0 Å². The maximum Gasteiger partial charge on any atom is 1.00 e. The zero-order valence-electron chi connectivity index (χ0n) is 6.05. The smallest absolute Gasteiger partial charge is 0.653 e. The Morgan fingerprint density at radius 3 is 2.56 bits per heavy atom. The van der Waals surface area contributed by atoms with Crippen molar-refractivity contribution in [2.24, 2.45) is 0 Å². The molecule has 1 rings (SSSR count). The molecule has 1 heterocycles. The summed E-state index contributed by atoms with van der Waals surface area (Å²) in [4.78, 5) is 10.6. The quantitative estimate of drug-likeness (QED) is 0.403. The number of ketones is 1. The summed E-state index contributed by atoms with van der Waals surface area (Å²) in [5, 5.41) is 4.09. The fourth-order valence-corrected chi connectivity index (χ4v) is 0.955. The van der Waals surface area contributed by atoms with Crippen molar-refractivity contribution in [3.8, 4) is 0 Å². The van der Waals surface area contributed by atoms with Gasteiger partial charge in [0.1, 0.15) is 5.78 Å². The molecule has 1 fully saturated rings. The number of carbonyl (C=O) groups excluding carboxylic acids is 1. The topological polar surface area (TPSA) is 31.2 Å². The van der Waals surface area contributed by atoms with Gasteiger partial charge in [-0.3, -0.25) is 0 Å². The number of carbonyl (C=O) groups is 1. The van der Waals surface area contributed by atoms with E-state index in [-0.39, 0.29) is 63.2 Å². The summed E-state index contributed by atoms with van der Waals surface area (Å²) in [7, 11) is 0. The predicted octanol–water partition coefficient (Wildman–Crippen LogP) is -1.88. The van der Waals surface area contributed by atoms with E-state index in [1.165, 1.54) is 0 Å². The van der Waals surface area contributed by atoms with Gasteiger partial charge >= 0.3 is 51.4 Å². The van der Waals surface area contributed by atoms with Crippen molar-refractivity contribution in [1.29, 1.82) is 0 Å². The van der Waals surface area contributed by atoms with Gasteiger partial charge in [-0.2, -0.15) is 0 Å². The van der Waals surface area contributed by atoms with Crippen LogP contribution in [0.15, 0.2) is 0 Å². The van der Waals surface area contributed by atoms with Crippen molar-refractivity contribution in [2.75, 3.05) is 6.54 Å². The van der Waals surface area contributed by atoms with Crippen LogP contribution in [0.2, 0.25) is 0 Å². The second-order valence-electron chi connectivity index (χ2n) is 2.17. The molecule has 0 radical (unpaired) electrons. The molecule has 1 aliphatic heterocycles. The van der Waals surface area contributed by atoms with Crippen LogP contribution in [0, 0.1) is 0 Å². The van der Waals surface area contributed by atoms with Gasteiger partial charge in [-0.05, 0) is 6.92 Å². The summed E-state index contributed by atoms with van der Waals surface area (Å²) in [5.41, 5.74) is 0. The second kappa shape index (κ2) is 4.99. The fourth-order valence-electron chi connectivity index (χ4n) is 0.955. The van der Waals surface area contributed by atoms with Gasteiger partial charge in [0.15, 0.2) is 0 Å². The largest absolute Gasteiger partial charge is 1.00 e. The minimum Gasteiger partial charge on any atom is -0.653 e. The van der Waals surface area contributed by atoms with Crippen LogP contribution < -0.4 is 51.4 Å². The molecule has 0 spiro atoms. The Morgan fingerprint density at radius 2 is 2.33 bits per heavy atom. The Hall–Kier alpha value is 1.27. The molecule has 0 aromatic rings. The van der Waals surface area contributed by atoms with E-state index in [0.29, 0.717) is 0 Å². The van der Waals surface area contributed by atoms with Crippen molar-refractivity contribution in [3.63, 3.8) is 0 Å². The molecular formula is C6H10KNO. The van der Waals surface area contributed by atoms with Crippen LogP contribution in [0.1, 0.15) is 19.8 Å². The predicted molar refractivity (Wildman–Crippen MR) is 31.9 cm³/mol. The molecule has 0 N–H and O–H groups in total. The van der Waals surface area contributed by atoms with E-state index < -0.39 is 0 Å². The molecule has 0 aromatic heterocycles. The van der Waals surface area contributed by atoms with Gasteiger partial charge in [-0.1, -0.05) is 18.9 Å². The minimum absolute atomic E-state index is 0. The van der Waals surface area contributed by atoms with Gasteiger partial charge in [-0.25, -0.2) is 0 Å². The average Bonchev–Trinajstić information content (AvgIpc) is 2.12. The van der Waals surface area contributed by atoms with Crippen LogP contribution in [-0.4, -0.2) is 18.4 Å². The molecule has 1 aliphatic rings. The third kappa shape index (κ3) is 3.25. The Bertz CT molecular complexity index is 99.2. The summed E-state index contributed by atoms with van der Waals surface area (Å²) in [6.45, 7) is 2.50. The first kappa shape index (κ1) is 10.3. The van der Waals surface area contributed by atoms with E-state index in [4.69, 9.17) is 0 Å². The standard InChI is InChI=1S/C6H10NO.K/c1-5(8)6-3-2-4-7-6;/h6H,2-4H2,1H3;/q-1;+1. The molecule has 46 valence electrons. The molecule has 0 amide bonds.